The summed E-state index contributed by atoms with van der Waals surface area (Å²) >= 11 is 0. The fraction of sp³-hybridized carbons (Fsp3) is 0.538. The molecule has 0 aromatic heterocycles. The number of nitrogens with one attached hydrogen (secondary N) is 1. The van der Waals surface area contributed by atoms with E-state index in [2.05, 4.69) is 36.5 Å². The summed E-state index contributed by atoms with van der Waals surface area (Å²) in [6.07, 6.45) is 4.03. The third-order valence-corrected chi connectivity index (χ3v) is 3.61. The summed E-state index contributed by atoms with van der Waals surface area (Å²) in [5.74, 6) is 0. The van der Waals surface area contributed by atoms with Crippen molar-refractivity contribution in [3.8, 4) is 0 Å². The molecule has 2 aliphatic carbocycles. The third-order valence-electron chi connectivity index (χ3n) is 3.61. The Balaban J connectivity index is 1.73. The van der Waals surface area contributed by atoms with Crippen molar-refractivity contribution in [2.24, 2.45) is 0 Å². The summed E-state index contributed by atoms with van der Waals surface area (Å²) in [7, 11) is 0. The highest BCUT2D eigenvalue weighted by Gasteiger charge is 2.38. The second kappa shape index (κ2) is 2.83. The summed E-state index contributed by atoms with van der Waals surface area (Å²) in [5.41, 5.74) is 3.53. The lowest BCUT2D eigenvalue weighted by Gasteiger charge is -2.41. The minimum atomic E-state index is 0.416. The first-order valence-corrected chi connectivity index (χ1v) is 5.60. The van der Waals surface area contributed by atoms with E-state index >= 15 is 0 Å². The van der Waals surface area contributed by atoms with Crippen LogP contribution in [-0.4, -0.2) is 12.6 Å². The Labute approximate surface area is 85.5 Å². The summed E-state index contributed by atoms with van der Waals surface area (Å²) in [5, 5.41) is 3.64. The first kappa shape index (κ1) is 8.49. The molecule has 0 spiro atoms. The summed E-state index contributed by atoms with van der Waals surface area (Å²) in [4.78, 5) is 0. The lowest BCUT2D eigenvalue weighted by atomic mass is 9.65. The van der Waals surface area contributed by atoms with E-state index in [0.29, 0.717) is 5.41 Å². The van der Waals surface area contributed by atoms with Gasteiger partial charge in [0.2, 0.25) is 0 Å². The molecule has 0 bridgehead atoms. The molecule has 2 aliphatic rings. The predicted molar refractivity (Wildman–Crippen MR) is 58.5 cm³/mol. The van der Waals surface area contributed by atoms with E-state index in [1.54, 1.807) is 11.1 Å². The highest BCUT2D eigenvalue weighted by molar-refractivity contribution is 5.44. The van der Waals surface area contributed by atoms with Crippen molar-refractivity contribution >= 4 is 0 Å². The predicted octanol–water partition coefficient (Wildman–Crippen LogP) is 2.25. The Morgan fingerprint density at radius 3 is 2.86 bits per heavy atom. The Kier molecular flexibility index (Phi) is 1.72. The smallest absolute Gasteiger partial charge is 0.00927 e. The average molecular weight is 187 g/mol. The molecule has 0 saturated heterocycles. The fourth-order valence-corrected chi connectivity index (χ4v) is 2.49. The number of hydrogen-bond donors (Lipinski definition) is 1. The van der Waals surface area contributed by atoms with Crippen molar-refractivity contribution in [3.05, 3.63) is 35.4 Å². The first-order chi connectivity index (χ1) is 6.78. The van der Waals surface area contributed by atoms with Gasteiger partial charge in [-0.05, 0) is 30.4 Å². The van der Waals surface area contributed by atoms with Crippen LogP contribution in [0.15, 0.2) is 24.3 Å². The monoisotopic (exact) mass is 187 g/mol. The van der Waals surface area contributed by atoms with Gasteiger partial charge in [0.1, 0.15) is 0 Å². The fourth-order valence-electron chi connectivity index (χ4n) is 2.49. The van der Waals surface area contributed by atoms with E-state index in [1.807, 2.05) is 0 Å². The van der Waals surface area contributed by atoms with Crippen molar-refractivity contribution in [1.82, 2.24) is 5.32 Å². The maximum absolute atomic E-state index is 3.64. The highest BCUT2D eigenvalue weighted by Crippen LogP contribution is 2.40. The van der Waals surface area contributed by atoms with Gasteiger partial charge >= 0.3 is 0 Å². The van der Waals surface area contributed by atoms with E-state index in [9.17, 15) is 0 Å². The SMILES string of the molecule is CC1(CNC2CC2)Cc2ccccc21. The van der Waals surface area contributed by atoms with Gasteiger partial charge in [-0.2, -0.15) is 0 Å². The van der Waals surface area contributed by atoms with Crippen LogP contribution in [0.1, 0.15) is 30.9 Å². The van der Waals surface area contributed by atoms with E-state index in [-0.39, 0.29) is 0 Å². The van der Waals surface area contributed by atoms with Gasteiger partial charge in [-0.15, -0.1) is 0 Å². The first-order valence-electron chi connectivity index (χ1n) is 5.60. The van der Waals surface area contributed by atoms with Gasteiger partial charge in [0.05, 0.1) is 0 Å². The number of fused-ring (bicyclic) bond motifs is 1. The second-order valence-electron chi connectivity index (χ2n) is 5.05. The van der Waals surface area contributed by atoms with Crippen molar-refractivity contribution in [2.75, 3.05) is 6.54 Å². The molecule has 0 amide bonds. The Morgan fingerprint density at radius 1 is 1.36 bits per heavy atom. The summed E-state index contributed by atoms with van der Waals surface area (Å²) in [6, 6.07) is 9.68. The lowest BCUT2D eigenvalue weighted by Crippen LogP contribution is -2.45. The molecule has 0 heterocycles. The average Bonchev–Trinajstić information content (AvgIpc) is 2.97. The van der Waals surface area contributed by atoms with Crippen LogP contribution in [-0.2, 0) is 11.8 Å². The zero-order valence-corrected chi connectivity index (χ0v) is 8.72. The molecule has 0 radical (unpaired) electrons. The highest BCUT2D eigenvalue weighted by atomic mass is 15.0. The largest absolute Gasteiger partial charge is 0.313 e. The molecule has 1 nitrogen and oxygen atoms in total. The van der Waals surface area contributed by atoms with Crippen molar-refractivity contribution < 1.29 is 0 Å². The van der Waals surface area contributed by atoms with Crippen LogP contribution in [0.5, 0.6) is 0 Å². The topological polar surface area (TPSA) is 12.0 Å². The Hall–Kier alpha value is -0.820. The lowest BCUT2D eigenvalue weighted by molar-refractivity contribution is 0.378. The molecule has 1 atom stereocenters. The van der Waals surface area contributed by atoms with Crippen molar-refractivity contribution in [2.45, 2.75) is 37.6 Å². The molecule has 1 aromatic rings. The van der Waals surface area contributed by atoms with Gasteiger partial charge in [0.25, 0.3) is 0 Å². The van der Waals surface area contributed by atoms with Crippen molar-refractivity contribution in [1.29, 1.82) is 0 Å². The van der Waals surface area contributed by atoms with Crippen LogP contribution in [0.4, 0.5) is 0 Å². The van der Waals surface area contributed by atoms with Gasteiger partial charge in [0, 0.05) is 18.0 Å². The summed E-state index contributed by atoms with van der Waals surface area (Å²) < 4.78 is 0. The van der Waals surface area contributed by atoms with Crippen LogP contribution in [0, 0.1) is 0 Å². The van der Waals surface area contributed by atoms with Gasteiger partial charge in [-0.25, -0.2) is 0 Å². The zero-order valence-electron chi connectivity index (χ0n) is 8.72. The summed E-state index contributed by atoms with van der Waals surface area (Å²) in [6.45, 7) is 3.54. The molecule has 0 aliphatic heterocycles. The molecule has 3 rings (SSSR count). The van der Waals surface area contributed by atoms with Crippen LogP contribution in [0.25, 0.3) is 0 Å². The van der Waals surface area contributed by atoms with E-state index in [0.717, 1.165) is 12.6 Å². The van der Waals surface area contributed by atoms with Gasteiger partial charge in [-0.1, -0.05) is 31.2 Å². The normalized spacial score (nSPS) is 29.5. The minimum absolute atomic E-state index is 0.416. The van der Waals surface area contributed by atoms with Crippen LogP contribution >= 0.6 is 0 Å². The number of benzene rings is 1. The van der Waals surface area contributed by atoms with Gasteiger partial charge < -0.3 is 5.32 Å². The molecule has 1 heteroatoms. The number of hydrogen-bond acceptors (Lipinski definition) is 1. The minimum Gasteiger partial charge on any atom is -0.313 e. The molecule has 1 aromatic carbocycles. The molecule has 1 fully saturated rings. The number of rotatable bonds is 3. The third kappa shape index (κ3) is 1.27. The molecule has 14 heavy (non-hydrogen) atoms. The standard InChI is InChI=1S/C13H17N/c1-13(9-14-11-6-7-11)8-10-4-2-3-5-12(10)13/h2-5,11,14H,6-9H2,1H3. The molecular weight excluding hydrogens is 170 g/mol. The maximum Gasteiger partial charge on any atom is 0.00927 e. The molecule has 1 saturated carbocycles. The Morgan fingerprint density at radius 2 is 2.14 bits per heavy atom. The van der Waals surface area contributed by atoms with Gasteiger partial charge in [0.15, 0.2) is 0 Å². The van der Waals surface area contributed by atoms with E-state index in [1.165, 1.54) is 19.3 Å². The second-order valence-corrected chi connectivity index (χ2v) is 5.05. The molecule has 1 N–H and O–H groups in total. The van der Waals surface area contributed by atoms with Crippen LogP contribution in [0.3, 0.4) is 0 Å². The van der Waals surface area contributed by atoms with Crippen LogP contribution < -0.4 is 5.32 Å². The van der Waals surface area contributed by atoms with E-state index in [4.69, 9.17) is 0 Å². The van der Waals surface area contributed by atoms with E-state index < -0.39 is 0 Å². The zero-order chi connectivity index (χ0) is 9.60. The maximum atomic E-state index is 3.64. The quantitative estimate of drug-likeness (QED) is 0.765. The molecular formula is C13H17N. The molecule has 74 valence electrons. The van der Waals surface area contributed by atoms with Crippen LogP contribution in [0.2, 0.25) is 0 Å². The Bertz CT molecular complexity index is 354. The van der Waals surface area contributed by atoms with Gasteiger partial charge in [-0.3, -0.25) is 0 Å². The van der Waals surface area contributed by atoms with Crippen molar-refractivity contribution in [3.63, 3.8) is 0 Å². The molecule has 1 unspecified atom stereocenters.